The lowest BCUT2D eigenvalue weighted by atomic mass is 9.78. The van der Waals surface area contributed by atoms with Gasteiger partial charge in [0.2, 0.25) is 0 Å². The first-order chi connectivity index (χ1) is 6.69. The Hall–Kier alpha value is -0.755. The van der Waals surface area contributed by atoms with Crippen molar-refractivity contribution in [3.8, 4) is 0 Å². The van der Waals surface area contributed by atoms with Crippen LogP contribution in [0, 0.1) is 6.92 Å². The molecule has 2 N–H and O–H groups in total. The zero-order valence-electron chi connectivity index (χ0n) is 9.51. The number of aryl methyl sites for hydroxylation is 2. The highest BCUT2D eigenvalue weighted by Gasteiger charge is 2.08. The van der Waals surface area contributed by atoms with Crippen molar-refractivity contribution < 1.29 is 0 Å². The highest BCUT2D eigenvalue weighted by molar-refractivity contribution is 6.12. The fraction of sp³-hybridized carbons (Fsp3) is 0.500. The molecular formula is C12H20BN. The van der Waals surface area contributed by atoms with Crippen LogP contribution in [-0.2, 0) is 6.42 Å². The summed E-state index contributed by atoms with van der Waals surface area (Å²) in [4.78, 5) is 0. The van der Waals surface area contributed by atoms with Crippen LogP contribution in [0.15, 0.2) is 18.2 Å². The van der Waals surface area contributed by atoms with Crippen molar-refractivity contribution in [2.24, 2.45) is 5.73 Å². The number of rotatable bonds is 4. The van der Waals surface area contributed by atoms with Gasteiger partial charge >= 0.3 is 0 Å². The quantitative estimate of drug-likeness (QED) is 0.715. The van der Waals surface area contributed by atoms with Crippen molar-refractivity contribution in [3.05, 3.63) is 34.9 Å². The van der Waals surface area contributed by atoms with Crippen molar-refractivity contribution in [1.29, 1.82) is 0 Å². The molecule has 0 aliphatic rings. The van der Waals surface area contributed by atoms with Gasteiger partial charge in [-0.15, -0.1) is 0 Å². The van der Waals surface area contributed by atoms with E-state index in [0.717, 1.165) is 6.54 Å². The molecule has 0 radical (unpaired) electrons. The van der Waals surface area contributed by atoms with E-state index in [1.807, 2.05) is 0 Å². The standard InChI is InChI=1S/C12H20BN/c1-3-4-10-6-5-9(2)7-11(10)12(13)8-14/h5-7,12H,3-4,8,13-14H2,1-2H3. The van der Waals surface area contributed by atoms with Crippen LogP contribution in [0.1, 0.15) is 35.9 Å². The first-order valence-electron chi connectivity index (χ1n) is 5.48. The molecule has 0 saturated heterocycles. The molecule has 76 valence electrons. The average Bonchev–Trinajstić information content (AvgIpc) is 2.20. The normalized spacial score (nSPS) is 12.8. The van der Waals surface area contributed by atoms with Gasteiger partial charge in [-0.3, -0.25) is 0 Å². The molecule has 14 heavy (non-hydrogen) atoms. The Labute approximate surface area is 88.1 Å². The summed E-state index contributed by atoms with van der Waals surface area (Å²) in [5.74, 6) is 0.483. The van der Waals surface area contributed by atoms with Crippen molar-refractivity contribution in [1.82, 2.24) is 0 Å². The van der Waals surface area contributed by atoms with Gasteiger partial charge in [0.05, 0.1) is 0 Å². The lowest BCUT2D eigenvalue weighted by Gasteiger charge is -2.15. The summed E-state index contributed by atoms with van der Waals surface area (Å²) in [5.41, 5.74) is 9.96. The summed E-state index contributed by atoms with van der Waals surface area (Å²) in [6, 6.07) is 6.72. The van der Waals surface area contributed by atoms with Crippen LogP contribution in [0.3, 0.4) is 0 Å². The van der Waals surface area contributed by atoms with E-state index in [2.05, 4.69) is 39.9 Å². The molecule has 0 aromatic heterocycles. The Balaban J connectivity index is 3.02. The molecule has 1 nitrogen and oxygen atoms in total. The first kappa shape index (κ1) is 11.3. The Morgan fingerprint density at radius 2 is 2.14 bits per heavy atom. The van der Waals surface area contributed by atoms with Gasteiger partial charge in [-0.25, -0.2) is 0 Å². The van der Waals surface area contributed by atoms with Crippen LogP contribution in [0.2, 0.25) is 0 Å². The minimum Gasteiger partial charge on any atom is -0.331 e. The highest BCUT2D eigenvalue weighted by Crippen LogP contribution is 2.20. The minimum absolute atomic E-state index is 0.483. The molecule has 0 heterocycles. The Kier molecular flexibility index (Phi) is 4.21. The maximum absolute atomic E-state index is 5.72. The zero-order valence-corrected chi connectivity index (χ0v) is 9.51. The predicted octanol–water partition coefficient (Wildman–Crippen LogP) is 1.58. The Bertz CT molecular complexity index is 296. The van der Waals surface area contributed by atoms with Gasteiger partial charge in [0.1, 0.15) is 7.85 Å². The summed E-state index contributed by atoms with van der Waals surface area (Å²) in [6.07, 6.45) is 2.37. The van der Waals surface area contributed by atoms with Crippen LogP contribution >= 0.6 is 0 Å². The van der Waals surface area contributed by atoms with Gasteiger partial charge in [0.15, 0.2) is 0 Å². The lowest BCUT2D eigenvalue weighted by molar-refractivity contribution is 0.861. The molecule has 0 spiro atoms. The second-order valence-corrected chi connectivity index (χ2v) is 4.09. The van der Waals surface area contributed by atoms with Gasteiger partial charge < -0.3 is 5.73 Å². The third kappa shape index (κ3) is 2.61. The van der Waals surface area contributed by atoms with Gasteiger partial charge in [0.25, 0.3) is 0 Å². The number of hydrogen-bond donors (Lipinski definition) is 1. The molecule has 2 heteroatoms. The fourth-order valence-corrected chi connectivity index (χ4v) is 1.80. The summed E-state index contributed by atoms with van der Waals surface area (Å²) in [7, 11) is 2.20. The molecule has 0 saturated carbocycles. The van der Waals surface area contributed by atoms with Crippen LogP contribution in [0.5, 0.6) is 0 Å². The second-order valence-electron chi connectivity index (χ2n) is 4.09. The van der Waals surface area contributed by atoms with E-state index >= 15 is 0 Å². The fourth-order valence-electron chi connectivity index (χ4n) is 1.80. The zero-order chi connectivity index (χ0) is 10.6. The molecular weight excluding hydrogens is 169 g/mol. The number of hydrogen-bond acceptors (Lipinski definition) is 1. The predicted molar refractivity (Wildman–Crippen MR) is 65.5 cm³/mol. The van der Waals surface area contributed by atoms with Crippen molar-refractivity contribution in [2.75, 3.05) is 6.54 Å². The van der Waals surface area contributed by atoms with Crippen LogP contribution < -0.4 is 5.73 Å². The molecule has 0 amide bonds. The van der Waals surface area contributed by atoms with Crippen LogP contribution in [0.4, 0.5) is 0 Å². The van der Waals surface area contributed by atoms with E-state index in [4.69, 9.17) is 5.73 Å². The molecule has 1 unspecified atom stereocenters. The monoisotopic (exact) mass is 189 g/mol. The summed E-state index contributed by atoms with van der Waals surface area (Å²) < 4.78 is 0. The topological polar surface area (TPSA) is 26.0 Å². The molecule has 1 aromatic carbocycles. The van der Waals surface area contributed by atoms with Crippen LogP contribution in [-0.4, -0.2) is 14.4 Å². The molecule has 0 aliphatic carbocycles. The Morgan fingerprint density at radius 3 is 2.71 bits per heavy atom. The summed E-state index contributed by atoms with van der Waals surface area (Å²) in [6.45, 7) is 5.10. The molecule has 0 fully saturated rings. The van der Waals surface area contributed by atoms with E-state index in [1.54, 1.807) is 0 Å². The van der Waals surface area contributed by atoms with Crippen molar-refractivity contribution in [3.63, 3.8) is 0 Å². The maximum Gasteiger partial charge on any atom is 0.112 e. The minimum atomic E-state index is 0.483. The largest absolute Gasteiger partial charge is 0.331 e. The third-order valence-electron chi connectivity index (χ3n) is 2.71. The van der Waals surface area contributed by atoms with Gasteiger partial charge in [-0.1, -0.05) is 37.1 Å². The molecule has 1 aromatic rings. The first-order valence-corrected chi connectivity index (χ1v) is 5.48. The van der Waals surface area contributed by atoms with Gasteiger partial charge in [-0.2, -0.15) is 0 Å². The van der Waals surface area contributed by atoms with Crippen molar-refractivity contribution in [2.45, 2.75) is 32.5 Å². The van der Waals surface area contributed by atoms with E-state index in [9.17, 15) is 0 Å². The van der Waals surface area contributed by atoms with Gasteiger partial charge in [-0.05, 0) is 36.8 Å². The molecule has 0 bridgehead atoms. The smallest absolute Gasteiger partial charge is 0.112 e. The third-order valence-corrected chi connectivity index (χ3v) is 2.71. The second kappa shape index (κ2) is 5.21. The van der Waals surface area contributed by atoms with Crippen molar-refractivity contribution >= 4 is 7.85 Å². The maximum atomic E-state index is 5.72. The summed E-state index contributed by atoms with van der Waals surface area (Å²) >= 11 is 0. The molecule has 1 rings (SSSR count). The van der Waals surface area contributed by atoms with E-state index in [-0.39, 0.29) is 0 Å². The average molecular weight is 189 g/mol. The lowest BCUT2D eigenvalue weighted by Crippen LogP contribution is -2.14. The summed E-state index contributed by atoms with van der Waals surface area (Å²) in [5, 5.41) is 0. The van der Waals surface area contributed by atoms with Crippen LogP contribution in [0.25, 0.3) is 0 Å². The van der Waals surface area contributed by atoms with E-state index < -0.39 is 0 Å². The molecule has 0 aliphatic heterocycles. The van der Waals surface area contributed by atoms with E-state index in [1.165, 1.54) is 29.5 Å². The SMILES string of the molecule is BC(CN)c1cc(C)ccc1CCC. The van der Waals surface area contributed by atoms with E-state index in [0.29, 0.717) is 5.82 Å². The number of benzene rings is 1. The highest BCUT2D eigenvalue weighted by atomic mass is 14.5. The number of nitrogens with two attached hydrogens (primary N) is 1. The molecule has 1 atom stereocenters. The Morgan fingerprint density at radius 1 is 1.43 bits per heavy atom. The van der Waals surface area contributed by atoms with Gasteiger partial charge in [0, 0.05) is 0 Å².